The molecule has 21 heavy (non-hydrogen) atoms. The molecule has 2 aromatic heterocycles. The molecule has 0 spiro atoms. The number of hydrogen-bond acceptors (Lipinski definition) is 6. The van der Waals surface area contributed by atoms with Crippen molar-refractivity contribution >= 4 is 23.2 Å². The lowest BCUT2D eigenvalue weighted by molar-refractivity contribution is -0.384. The van der Waals surface area contributed by atoms with E-state index in [0.29, 0.717) is 5.82 Å². The second kappa shape index (κ2) is 5.99. The zero-order valence-corrected chi connectivity index (χ0v) is 11.5. The Morgan fingerprint density at radius 2 is 2.24 bits per heavy atom. The monoisotopic (exact) mass is 290 g/mol. The SMILES string of the molecule is Cc1nn(C)c(NCC(=O)Nc2ccccn2)c1[N+](=O)[O-]. The Bertz CT molecular complexity index is 667. The molecule has 9 heteroatoms. The highest BCUT2D eigenvalue weighted by Crippen LogP contribution is 2.26. The molecule has 0 saturated carbocycles. The molecule has 2 N–H and O–H groups in total. The number of carbonyl (C=O) groups excluding carboxylic acids is 1. The number of nitrogens with zero attached hydrogens (tertiary/aromatic N) is 4. The Morgan fingerprint density at radius 3 is 2.86 bits per heavy atom. The summed E-state index contributed by atoms with van der Waals surface area (Å²) in [5, 5.41) is 20.3. The topological polar surface area (TPSA) is 115 Å². The van der Waals surface area contributed by atoms with Crippen LogP contribution in [0.2, 0.25) is 0 Å². The number of amides is 1. The summed E-state index contributed by atoms with van der Waals surface area (Å²) in [5.41, 5.74) is 0.151. The zero-order chi connectivity index (χ0) is 15.4. The largest absolute Gasteiger partial charge is 0.355 e. The minimum absolute atomic E-state index is 0.129. The van der Waals surface area contributed by atoms with Crippen LogP contribution in [0.3, 0.4) is 0 Å². The number of hydrogen-bond donors (Lipinski definition) is 2. The fourth-order valence-corrected chi connectivity index (χ4v) is 1.85. The first-order valence-electron chi connectivity index (χ1n) is 6.11. The zero-order valence-electron chi connectivity index (χ0n) is 11.5. The van der Waals surface area contributed by atoms with Crippen molar-refractivity contribution in [3.8, 4) is 0 Å². The Hall–Kier alpha value is -2.97. The molecule has 0 aromatic carbocycles. The highest BCUT2D eigenvalue weighted by molar-refractivity contribution is 5.93. The molecule has 110 valence electrons. The average Bonchev–Trinajstić information content (AvgIpc) is 2.72. The van der Waals surface area contributed by atoms with E-state index < -0.39 is 4.92 Å². The molecular formula is C12H14N6O3. The number of carbonyl (C=O) groups is 1. The Morgan fingerprint density at radius 1 is 1.48 bits per heavy atom. The van der Waals surface area contributed by atoms with Crippen LogP contribution in [0, 0.1) is 17.0 Å². The predicted octanol–water partition coefficient (Wildman–Crippen LogP) is 1.08. The summed E-state index contributed by atoms with van der Waals surface area (Å²) in [7, 11) is 1.57. The van der Waals surface area contributed by atoms with Crippen LogP contribution < -0.4 is 10.6 Å². The van der Waals surface area contributed by atoms with E-state index in [9.17, 15) is 14.9 Å². The quantitative estimate of drug-likeness (QED) is 0.629. The van der Waals surface area contributed by atoms with E-state index in [1.165, 1.54) is 11.6 Å². The third-order valence-corrected chi connectivity index (χ3v) is 2.72. The average molecular weight is 290 g/mol. The molecule has 0 fully saturated rings. The fourth-order valence-electron chi connectivity index (χ4n) is 1.85. The maximum Gasteiger partial charge on any atom is 0.333 e. The molecule has 0 bridgehead atoms. The molecule has 0 saturated heterocycles. The molecular weight excluding hydrogens is 276 g/mol. The van der Waals surface area contributed by atoms with E-state index >= 15 is 0 Å². The number of nitrogens with one attached hydrogen (secondary N) is 2. The van der Waals surface area contributed by atoms with Gasteiger partial charge in [0, 0.05) is 13.2 Å². The minimum Gasteiger partial charge on any atom is -0.355 e. The summed E-state index contributed by atoms with van der Waals surface area (Å²) < 4.78 is 1.33. The summed E-state index contributed by atoms with van der Waals surface area (Å²) in [6.07, 6.45) is 1.55. The van der Waals surface area contributed by atoms with Crippen molar-refractivity contribution in [1.29, 1.82) is 0 Å². The van der Waals surface area contributed by atoms with Gasteiger partial charge >= 0.3 is 5.69 Å². The van der Waals surface area contributed by atoms with E-state index in [0.717, 1.165) is 0 Å². The van der Waals surface area contributed by atoms with Gasteiger partial charge in [-0.25, -0.2) is 9.67 Å². The summed E-state index contributed by atoms with van der Waals surface area (Å²) in [4.78, 5) is 26.2. The van der Waals surface area contributed by atoms with Gasteiger partial charge in [0.05, 0.1) is 11.5 Å². The molecule has 2 aromatic rings. The Labute approximate surface area is 120 Å². The first-order valence-corrected chi connectivity index (χ1v) is 6.11. The lowest BCUT2D eigenvalue weighted by Gasteiger charge is -2.06. The first kappa shape index (κ1) is 14.4. The van der Waals surface area contributed by atoms with Gasteiger partial charge in [-0.05, 0) is 19.1 Å². The normalized spacial score (nSPS) is 10.2. The number of aryl methyl sites for hydroxylation is 2. The van der Waals surface area contributed by atoms with Gasteiger partial charge < -0.3 is 10.6 Å². The highest BCUT2D eigenvalue weighted by Gasteiger charge is 2.24. The van der Waals surface area contributed by atoms with Crippen molar-refractivity contribution in [3.05, 3.63) is 40.2 Å². The molecule has 0 aliphatic heterocycles. The fraction of sp³-hybridized carbons (Fsp3) is 0.250. The summed E-state index contributed by atoms with van der Waals surface area (Å²) in [6.45, 7) is 1.41. The van der Waals surface area contributed by atoms with Gasteiger partial charge in [-0.1, -0.05) is 6.07 Å². The standard InChI is InChI=1S/C12H14N6O3/c1-8-11(18(20)21)12(17(2)16-8)14-7-10(19)15-9-5-3-4-6-13-9/h3-6,14H,7H2,1-2H3,(H,13,15,19). The van der Waals surface area contributed by atoms with E-state index in [-0.39, 0.29) is 29.7 Å². The number of nitro groups is 1. The van der Waals surface area contributed by atoms with E-state index in [2.05, 4.69) is 20.7 Å². The van der Waals surface area contributed by atoms with Crippen molar-refractivity contribution in [2.45, 2.75) is 6.92 Å². The molecule has 1 amide bonds. The summed E-state index contributed by atoms with van der Waals surface area (Å²) >= 11 is 0. The van der Waals surface area contributed by atoms with Crippen LogP contribution in [0.15, 0.2) is 24.4 Å². The van der Waals surface area contributed by atoms with Gasteiger partial charge in [0.15, 0.2) is 0 Å². The van der Waals surface area contributed by atoms with Gasteiger partial charge in [-0.3, -0.25) is 14.9 Å². The maximum absolute atomic E-state index is 11.8. The van der Waals surface area contributed by atoms with Crippen LogP contribution in [-0.4, -0.2) is 32.1 Å². The lowest BCUT2D eigenvalue weighted by atomic mass is 10.4. The number of aromatic nitrogens is 3. The Kier molecular flexibility index (Phi) is 4.12. The molecule has 2 heterocycles. The highest BCUT2D eigenvalue weighted by atomic mass is 16.6. The third kappa shape index (κ3) is 3.32. The van der Waals surface area contributed by atoms with Gasteiger partial charge in [0.2, 0.25) is 11.7 Å². The van der Waals surface area contributed by atoms with Gasteiger partial charge in [-0.2, -0.15) is 5.10 Å². The molecule has 0 unspecified atom stereocenters. The number of pyridine rings is 1. The molecule has 2 rings (SSSR count). The molecule has 0 aliphatic carbocycles. The van der Waals surface area contributed by atoms with Crippen molar-refractivity contribution in [2.24, 2.45) is 7.05 Å². The Balaban J connectivity index is 2.03. The second-order valence-corrected chi connectivity index (χ2v) is 4.28. The molecule has 0 aliphatic rings. The molecule has 0 radical (unpaired) electrons. The molecule has 9 nitrogen and oxygen atoms in total. The van der Waals surface area contributed by atoms with Gasteiger partial charge in [0.25, 0.3) is 0 Å². The minimum atomic E-state index is -0.526. The molecule has 0 atom stereocenters. The van der Waals surface area contributed by atoms with Crippen LogP contribution in [0.25, 0.3) is 0 Å². The summed E-state index contributed by atoms with van der Waals surface area (Å²) in [5.74, 6) is 0.246. The van der Waals surface area contributed by atoms with Gasteiger partial charge in [-0.15, -0.1) is 0 Å². The maximum atomic E-state index is 11.8. The predicted molar refractivity (Wildman–Crippen MR) is 76.0 cm³/mol. The van der Waals surface area contributed by atoms with Crippen LogP contribution in [0.1, 0.15) is 5.69 Å². The second-order valence-electron chi connectivity index (χ2n) is 4.28. The van der Waals surface area contributed by atoms with Crippen molar-refractivity contribution < 1.29 is 9.72 Å². The van der Waals surface area contributed by atoms with Crippen LogP contribution in [-0.2, 0) is 11.8 Å². The van der Waals surface area contributed by atoms with Crippen LogP contribution >= 0.6 is 0 Å². The lowest BCUT2D eigenvalue weighted by Crippen LogP contribution is -2.23. The van der Waals surface area contributed by atoms with E-state index in [1.807, 2.05) is 0 Å². The van der Waals surface area contributed by atoms with Crippen molar-refractivity contribution in [2.75, 3.05) is 17.2 Å². The van der Waals surface area contributed by atoms with E-state index in [4.69, 9.17) is 0 Å². The number of rotatable bonds is 5. The van der Waals surface area contributed by atoms with Crippen LogP contribution in [0.5, 0.6) is 0 Å². The first-order chi connectivity index (χ1) is 9.99. The summed E-state index contributed by atoms with van der Waals surface area (Å²) in [6, 6.07) is 5.12. The van der Waals surface area contributed by atoms with Crippen LogP contribution in [0.4, 0.5) is 17.3 Å². The third-order valence-electron chi connectivity index (χ3n) is 2.72. The smallest absolute Gasteiger partial charge is 0.333 e. The van der Waals surface area contributed by atoms with Gasteiger partial charge in [0.1, 0.15) is 11.5 Å². The van der Waals surface area contributed by atoms with E-state index in [1.54, 1.807) is 31.4 Å². The van der Waals surface area contributed by atoms with Crippen molar-refractivity contribution in [1.82, 2.24) is 14.8 Å². The van der Waals surface area contributed by atoms with Crippen molar-refractivity contribution in [3.63, 3.8) is 0 Å². The number of anilines is 2.